The van der Waals surface area contributed by atoms with Crippen LogP contribution in [0, 0.1) is 13.8 Å². The smallest absolute Gasteiger partial charge is 0.229 e. The van der Waals surface area contributed by atoms with Crippen molar-refractivity contribution in [2.24, 2.45) is 0 Å². The molecule has 0 bridgehead atoms. The fourth-order valence-electron chi connectivity index (χ4n) is 1.85. The monoisotopic (exact) mass is 295 g/mol. The SMILES string of the molecule is Cc1noc(C)c1CNc1cccc(NS(C)(=O)=O)c1. The molecule has 0 spiro atoms. The van der Waals surface area contributed by atoms with Crippen LogP contribution < -0.4 is 10.0 Å². The molecule has 0 atom stereocenters. The Morgan fingerprint density at radius 3 is 2.55 bits per heavy atom. The zero-order valence-electron chi connectivity index (χ0n) is 11.6. The number of nitrogens with zero attached hydrogens (tertiary/aromatic N) is 1. The Hall–Kier alpha value is -2.02. The number of aromatic nitrogens is 1. The van der Waals surface area contributed by atoms with E-state index in [0.29, 0.717) is 12.2 Å². The van der Waals surface area contributed by atoms with Gasteiger partial charge in [-0.15, -0.1) is 0 Å². The first-order chi connectivity index (χ1) is 9.35. The predicted molar refractivity (Wildman–Crippen MR) is 78.2 cm³/mol. The van der Waals surface area contributed by atoms with E-state index in [0.717, 1.165) is 29.0 Å². The molecule has 0 unspecified atom stereocenters. The molecule has 0 saturated heterocycles. The topological polar surface area (TPSA) is 84.2 Å². The van der Waals surface area contributed by atoms with Crippen molar-refractivity contribution in [2.75, 3.05) is 16.3 Å². The predicted octanol–water partition coefficient (Wildman–Crippen LogP) is 2.28. The highest BCUT2D eigenvalue weighted by Gasteiger charge is 2.08. The summed E-state index contributed by atoms with van der Waals surface area (Å²) < 4.78 is 29.9. The van der Waals surface area contributed by atoms with Gasteiger partial charge in [0.15, 0.2) is 0 Å². The number of rotatable bonds is 5. The fraction of sp³-hybridized carbons (Fsp3) is 0.308. The third-order valence-corrected chi connectivity index (χ3v) is 3.42. The minimum absolute atomic E-state index is 0.524. The number of anilines is 2. The standard InChI is InChI=1S/C13H17N3O3S/c1-9-13(10(2)19-15-9)8-14-11-5-4-6-12(7-11)16-20(3,17)18/h4-7,14,16H,8H2,1-3H3. The maximum Gasteiger partial charge on any atom is 0.229 e. The van der Waals surface area contributed by atoms with Crippen LogP contribution in [-0.2, 0) is 16.6 Å². The molecule has 108 valence electrons. The molecule has 0 fully saturated rings. The van der Waals surface area contributed by atoms with E-state index >= 15 is 0 Å². The highest BCUT2D eigenvalue weighted by molar-refractivity contribution is 7.92. The lowest BCUT2D eigenvalue weighted by Gasteiger charge is -2.09. The van der Waals surface area contributed by atoms with E-state index in [1.165, 1.54) is 0 Å². The second-order valence-electron chi connectivity index (χ2n) is 4.61. The molecule has 7 heteroatoms. The molecular weight excluding hydrogens is 278 g/mol. The van der Waals surface area contributed by atoms with Crippen LogP contribution in [0.4, 0.5) is 11.4 Å². The maximum atomic E-state index is 11.2. The van der Waals surface area contributed by atoms with E-state index in [9.17, 15) is 8.42 Å². The van der Waals surface area contributed by atoms with E-state index in [-0.39, 0.29) is 0 Å². The molecule has 2 rings (SSSR count). The average Bonchev–Trinajstić information content (AvgIpc) is 2.65. The third kappa shape index (κ3) is 3.74. The summed E-state index contributed by atoms with van der Waals surface area (Å²) in [5.74, 6) is 0.778. The van der Waals surface area contributed by atoms with Gasteiger partial charge in [0.05, 0.1) is 17.6 Å². The lowest BCUT2D eigenvalue weighted by Crippen LogP contribution is -2.09. The Labute approximate surface area is 118 Å². The Balaban J connectivity index is 2.09. The van der Waals surface area contributed by atoms with E-state index in [2.05, 4.69) is 15.2 Å². The molecule has 0 aliphatic heterocycles. The zero-order chi connectivity index (χ0) is 14.8. The molecule has 0 saturated carbocycles. The second kappa shape index (κ2) is 5.54. The quantitative estimate of drug-likeness (QED) is 0.884. The highest BCUT2D eigenvalue weighted by atomic mass is 32.2. The van der Waals surface area contributed by atoms with Crippen molar-refractivity contribution in [1.29, 1.82) is 0 Å². The maximum absolute atomic E-state index is 11.2. The molecule has 0 aliphatic carbocycles. The molecule has 20 heavy (non-hydrogen) atoms. The lowest BCUT2D eigenvalue weighted by atomic mass is 10.2. The van der Waals surface area contributed by atoms with Gasteiger partial charge in [-0.2, -0.15) is 0 Å². The van der Waals surface area contributed by atoms with Gasteiger partial charge in [0.2, 0.25) is 10.0 Å². The van der Waals surface area contributed by atoms with Gasteiger partial charge in [0.25, 0.3) is 0 Å². The van der Waals surface area contributed by atoms with Crippen molar-refractivity contribution in [1.82, 2.24) is 5.16 Å². The number of hydrogen-bond acceptors (Lipinski definition) is 5. The van der Waals surface area contributed by atoms with Gasteiger partial charge in [0.1, 0.15) is 5.76 Å². The van der Waals surface area contributed by atoms with Gasteiger partial charge in [0, 0.05) is 17.8 Å². The highest BCUT2D eigenvalue weighted by Crippen LogP contribution is 2.18. The van der Waals surface area contributed by atoms with Crippen LogP contribution in [0.3, 0.4) is 0 Å². The van der Waals surface area contributed by atoms with E-state index in [1.54, 1.807) is 18.2 Å². The Bertz CT molecular complexity index is 688. The van der Waals surface area contributed by atoms with Crippen LogP contribution in [0.15, 0.2) is 28.8 Å². The van der Waals surface area contributed by atoms with Gasteiger partial charge in [-0.3, -0.25) is 4.72 Å². The second-order valence-corrected chi connectivity index (χ2v) is 6.36. The Kier molecular flexibility index (Phi) is 3.99. The molecule has 2 aromatic rings. The number of aryl methyl sites for hydroxylation is 2. The summed E-state index contributed by atoms with van der Waals surface area (Å²) in [6, 6.07) is 7.08. The average molecular weight is 295 g/mol. The summed E-state index contributed by atoms with van der Waals surface area (Å²) in [6.45, 7) is 4.32. The first-order valence-corrected chi connectivity index (χ1v) is 7.98. The largest absolute Gasteiger partial charge is 0.381 e. The first-order valence-electron chi connectivity index (χ1n) is 6.08. The van der Waals surface area contributed by atoms with Crippen LogP contribution in [0.5, 0.6) is 0 Å². The fourth-order valence-corrected chi connectivity index (χ4v) is 2.41. The summed E-state index contributed by atoms with van der Waals surface area (Å²) in [7, 11) is -3.27. The molecule has 1 aromatic heterocycles. The third-order valence-electron chi connectivity index (χ3n) is 2.82. The van der Waals surface area contributed by atoms with Crippen LogP contribution >= 0.6 is 0 Å². The van der Waals surface area contributed by atoms with Gasteiger partial charge in [-0.05, 0) is 32.0 Å². The van der Waals surface area contributed by atoms with Crippen molar-refractivity contribution in [2.45, 2.75) is 20.4 Å². The van der Waals surface area contributed by atoms with Gasteiger partial charge < -0.3 is 9.84 Å². The number of benzene rings is 1. The summed E-state index contributed by atoms with van der Waals surface area (Å²) >= 11 is 0. The molecule has 6 nitrogen and oxygen atoms in total. The van der Waals surface area contributed by atoms with Crippen LogP contribution in [0.2, 0.25) is 0 Å². The van der Waals surface area contributed by atoms with Crippen LogP contribution in [0.1, 0.15) is 17.0 Å². The Morgan fingerprint density at radius 1 is 1.25 bits per heavy atom. The van der Waals surface area contributed by atoms with E-state index in [4.69, 9.17) is 4.52 Å². The number of hydrogen-bond donors (Lipinski definition) is 2. The van der Waals surface area contributed by atoms with Gasteiger partial charge in [-0.25, -0.2) is 8.42 Å². The normalized spacial score (nSPS) is 11.3. The first kappa shape index (κ1) is 14.4. The molecule has 0 amide bonds. The minimum atomic E-state index is -3.27. The van der Waals surface area contributed by atoms with Crippen LogP contribution in [-0.4, -0.2) is 19.8 Å². The summed E-state index contributed by atoms with van der Waals surface area (Å²) in [6.07, 6.45) is 1.12. The Morgan fingerprint density at radius 2 is 1.95 bits per heavy atom. The molecular formula is C13H17N3O3S. The molecule has 1 heterocycles. The zero-order valence-corrected chi connectivity index (χ0v) is 12.4. The molecule has 0 radical (unpaired) electrons. The van der Waals surface area contributed by atoms with Gasteiger partial charge >= 0.3 is 0 Å². The van der Waals surface area contributed by atoms with E-state index in [1.807, 2.05) is 19.9 Å². The minimum Gasteiger partial charge on any atom is -0.381 e. The molecule has 2 N–H and O–H groups in total. The van der Waals surface area contributed by atoms with E-state index < -0.39 is 10.0 Å². The van der Waals surface area contributed by atoms with Crippen LogP contribution in [0.25, 0.3) is 0 Å². The van der Waals surface area contributed by atoms with Crippen molar-refractivity contribution in [3.05, 3.63) is 41.3 Å². The van der Waals surface area contributed by atoms with Crippen molar-refractivity contribution < 1.29 is 12.9 Å². The number of sulfonamides is 1. The van der Waals surface area contributed by atoms with Crippen molar-refractivity contribution in [3.8, 4) is 0 Å². The molecule has 0 aliphatic rings. The number of nitrogens with one attached hydrogen (secondary N) is 2. The summed E-state index contributed by atoms with van der Waals surface area (Å²) in [5.41, 5.74) is 3.20. The van der Waals surface area contributed by atoms with Gasteiger partial charge in [-0.1, -0.05) is 11.2 Å². The summed E-state index contributed by atoms with van der Waals surface area (Å²) in [4.78, 5) is 0. The summed E-state index contributed by atoms with van der Waals surface area (Å²) in [5, 5.41) is 7.11. The van der Waals surface area contributed by atoms with Crippen molar-refractivity contribution >= 4 is 21.4 Å². The van der Waals surface area contributed by atoms with Crippen molar-refractivity contribution in [3.63, 3.8) is 0 Å². The molecule has 1 aromatic carbocycles. The lowest BCUT2D eigenvalue weighted by molar-refractivity contribution is 0.392.